The molecule has 2 nitrogen and oxygen atoms in total. The number of Topliss-reactive ketones (excluding diaryl/α,β-unsaturated/α-hetero) is 2. The molecule has 21 heavy (non-hydrogen) atoms. The molecule has 0 saturated heterocycles. The molecule has 0 aliphatic heterocycles. The third-order valence-corrected chi connectivity index (χ3v) is 8.02. The predicted octanol–water partition coefficient (Wildman–Crippen LogP) is 4.67. The topological polar surface area (TPSA) is 34.1 Å². The van der Waals surface area contributed by atoms with Gasteiger partial charge in [-0.1, -0.05) is 0 Å². The van der Waals surface area contributed by atoms with Crippen LogP contribution < -0.4 is 0 Å². The molecule has 0 spiro atoms. The van der Waals surface area contributed by atoms with Crippen LogP contribution in [0, 0.1) is 0 Å². The Kier molecular flexibility index (Phi) is 5.60. The van der Waals surface area contributed by atoms with Crippen LogP contribution in [0.1, 0.15) is 20.7 Å². The number of ketones is 2. The van der Waals surface area contributed by atoms with Gasteiger partial charge in [0.1, 0.15) is 0 Å². The van der Waals surface area contributed by atoms with Crippen molar-refractivity contribution in [1.82, 2.24) is 0 Å². The fourth-order valence-electron chi connectivity index (χ4n) is 1.85. The summed E-state index contributed by atoms with van der Waals surface area (Å²) in [6.45, 7) is 0. The van der Waals surface area contributed by atoms with Gasteiger partial charge in [0.05, 0.1) is 0 Å². The summed E-state index contributed by atoms with van der Waals surface area (Å²) in [6.07, 6.45) is 0. The third-order valence-electron chi connectivity index (χ3n) is 2.88. The molecule has 0 aliphatic rings. The zero-order valence-electron chi connectivity index (χ0n) is 11.2. The number of carbonyl (C=O) groups is 2. The first-order valence-electron chi connectivity index (χ1n) is 6.32. The zero-order valence-corrected chi connectivity index (χ0v) is 14.4. The molecule has 2 rings (SSSR count). The fraction of sp³-hybridized carbons (Fsp3) is 0.125. The molecule has 0 aromatic heterocycles. The van der Waals surface area contributed by atoms with Gasteiger partial charge in [0.2, 0.25) is 0 Å². The quantitative estimate of drug-likeness (QED) is 0.533. The average Bonchev–Trinajstić information content (AvgIpc) is 2.48. The molecule has 2 aromatic carbocycles. The fourth-order valence-corrected chi connectivity index (χ4v) is 6.43. The van der Waals surface area contributed by atoms with E-state index >= 15 is 0 Å². The first-order valence-corrected chi connectivity index (χ1v) is 13.2. The molecular formula is C16H14Cl2O2Se. The molecular weight excluding hydrogens is 374 g/mol. The Hall–Kier alpha value is -1.12. The summed E-state index contributed by atoms with van der Waals surface area (Å²) in [5, 5.41) is 0.115. The van der Waals surface area contributed by atoms with Crippen LogP contribution in [0.2, 0.25) is 10.6 Å². The van der Waals surface area contributed by atoms with Crippen molar-refractivity contribution in [1.29, 1.82) is 0 Å². The molecule has 0 unspecified atom stereocenters. The number of rotatable bonds is 6. The van der Waals surface area contributed by atoms with Gasteiger partial charge in [-0.2, -0.15) is 0 Å². The van der Waals surface area contributed by atoms with E-state index in [-0.39, 0.29) is 22.2 Å². The van der Waals surface area contributed by atoms with E-state index in [0.717, 1.165) is 0 Å². The van der Waals surface area contributed by atoms with Crippen molar-refractivity contribution in [2.45, 2.75) is 10.6 Å². The Morgan fingerprint density at radius 1 is 0.714 bits per heavy atom. The molecule has 0 fully saturated rings. The second-order valence-electron chi connectivity index (χ2n) is 4.57. The van der Waals surface area contributed by atoms with Gasteiger partial charge in [0, 0.05) is 0 Å². The molecule has 0 heterocycles. The van der Waals surface area contributed by atoms with E-state index in [4.69, 9.17) is 20.2 Å². The zero-order chi connectivity index (χ0) is 15.3. The van der Waals surface area contributed by atoms with Crippen molar-refractivity contribution in [2.24, 2.45) is 0 Å². The summed E-state index contributed by atoms with van der Waals surface area (Å²) in [5.74, 6) is -0.220. The number of carbonyl (C=O) groups excluding carboxylic acids is 2. The van der Waals surface area contributed by atoms with Crippen LogP contribution in [0.3, 0.4) is 0 Å². The van der Waals surface area contributed by atoms with Crippen LogP contribution in [0.25, 0.3) is 0 Å². The molecule has 0 bridgehead atoms. The maximum absolute atomic E-state index is 12.1. The molecule has 5 heteroatoms. The Labute approximate surface area is 134 Å². The van der Waals surface area contributed by atoms with Crippen molar-refractivity contribution >= 4 is 42.8 Å². The van der Waals surface area contributed by atoms with E-state index in [9.17, 15) is 9.59 Å². The molecule has 0 radical (unpaired) electrons. The van der Waals surface area contributed by atoms with Crippen molar-refractivity contribution in [3.8, 4) is 0 Å². The SMILES string of the molecule is O=C(C[Se](Cl)(Cl)CC(=O)c1ccccc1)c1ccccc1. The Morgan fingerprint density at radius 2 is 1.05 bits per heavy atom. The van der Waals surface area contributed by atoms with Gasteiger partial charge in [-0.3, -0.25) is 0 Å². The van der Waals surface area contributed by atoms with E-state index in [0.29, 0.717) is 11.1 Å². The number of halogens is 2. The summed E-state index contributed by atoms with van der Waals surface area (Å²) in [7, 11) is 12.6. The average molecular weight is 388 g/mol. The van der Waals surface area contributed by atoms with Crippen molar-refractivity contribution in [2.75, 3.05) is 0 Å². The second-order valence-corrected chi connectivity index (χ2v) is 15.7. The maximum atomic E-state index is 12.1. The predicted molar refractivity (Wildman–Crippen MR) is 88.6 cm³/mol. The van der Waals surface area contributed by atoms with Gasteiger partial charge in [-0.15, -0.1) is 0 Å². The van der Waals surface area contributed by atoms with Crippen LogP contribution in [0.5, 0.6) is 0 Å². The van der Waals surface area contributed by atoms with Crippen molar-refractivity contribution in [3.05, 3.63) is 71.8 Å². The standard InChI is InChI=1S/C16H14Cl2O2Se/c17-21(18,11-15(19)13-7-3-1-4-8-13)12-16(20)14-9-5-2-6-10-14/h1-10H,11-12H2. The molecule has 0 N–H and O–H groups in total. The van der Waals surface area contributed by atoms with Crippen molar-refractivity contribution < 1.29 is 9.59 Å². The van der Waals surface area contributed by atoms with Crippen LogP contribution in [0.15, 0.2) is 60.7 Å². The number of hydrogen-bond acceptors (Lipinski definition) is 2. The van der Waals surface area contributed by atoms with Crippen LogP contribution in [0.4, 0.5) is 0 Å². The summed E-state index contributed by atoms with van der Waals surface area (Å²) in [6, 6.07) is 17.7. The molecule has 0 saturated carbocycles. The summed E-state index contributed by atoms with van der Waals surface area (Å²) in [5.41, 5.74) is 1.15. The third kappa shape index (κ3) is 4.98. The molecule has 2 aromatic rings. The molecule has 0 atom stereocenters. The Balaban J connectivity index is 2.02. The number of benzene rings is 2. The first-order chi connectivity index (χ1) is 9.98. The molecule has 110 valence electrons. The van der Waals surface area contributed by atoms with Crippen LogP contribution in [-0.4, -0.2) is 22.6 Å². The van der Waals surface area contributed by atoms with Gasteiger partial charge in [-0.25, -0.2) is 0 Å². The summed E-state index contributed by atoms with van der Waals surface area (Å²) >= 11 is -3.14. The Bertz CT molecular complexity index is 572. The van der Waals surface area contributed by atoms with Crippen LogP contribution >= 0.6 is 20.2 Å². The second kappa shape index (κ2) is 7.24. The first kappa shape index (κ1) is 16.3. The van der Waals surface area contributed by atoms with E-state index in [1.54, 1.807) is 48.5 Å². The van der Waals surface area contributed by atoms with Gasteiger partial charge in [0.25, 0.3) is 0 Å². The van der Waals surface area contributed by atoms with Gasteiger partial charge < -0.3 is 0 Å². The normalized spacial score (nSPS) is 11.9. The summed E-state index contributed by atoms with van der Waals surface area (Å²) < 4.78 is 0. The van der Waals surface area contributed by atoms with E-state index in [1.807, 2.05) is 12.1 Å². The van der Waals surface area contributed by atoms with Gasteiger partial charge in [-0.05, 0) is 0 Å². The monoisotopic (exact) mass is 388 g/mol. The Morgan fingerprint density at radius 3 is 1.38 bits per heavy atom. The van der Waals surface area contributed by atoms with E-state index in [2.05, 4.69) is 0 Å². The van der Waals surface area contributed by atoms with E-state index < -0.39 is 11.0 Å². The van der Waals surface area contributed by atoms with Crippen molar-refractivity contribution in [3.63, 3.8) is 0 Å². The molecule has 0 aliphatic carbocycles. The minimum absolute atomic E-state index is 0.0577. The summed E-state index contributed by atoms with van der Waals surface area (Å²) in [4.78, 5) is 24.3. The molecule has 0 amide bonds. The minimum atomic E-state index is -3.14. The van der Waals surface area contributed by atoms with E-state index in [1.165, 1.54) is 0 Å². The van der Waals surface area contributed by atoms with Gasteiger partial charge >= 0.3 is 135 Å². The van der Waals surface area contributed by atoms with Crippen LogP contribution in [-0.2, 0) is 0 Å². The number of hydrogen-bond donors (Lipinski definition) is 0. The van der Waals surface area contributed by atoms with Gasteiger partial charge in [0.15, 0.2) is 0 Å².